The Morgan fingerprint density at radius 2 is 2.00 bits per heavy atom. The molecule has 0 unspecified atom stereocenters. The third-order valence-corrected chi connectivity index (χ3v) is 4.09. The molecule has 1 aliphatic heterocycles. The predicted molar refractivity (Wildman–Crippen MR) is 77.6 cm³/mol. The van der Waals surface area contributed by atoms with Crippen LogP contribution < -0.4 is 5.32 Å². The Morgan fingerprint density at radius 3 is 2.60 bits per heavy atom. The number of aliphatic hydroxyl groups excluding tert-OH is 1. The van der Waals surface area contributed by atoms with E-state index in [2.05, 4.69) is 12.2 Å². The number of rotatable bonds is 4. The fraction of sp³-hybridized carbons (Fsp3) is 0.562. The van der Waals surface area contributed by atoms with Gasteiger partial charge in [0, 0.05) is 13.2 Å². The van der Waals surface area contributed by atoms with Gasteiger partial charge in [0.05, 0.1) is 18.6 Å². The Kier molecular flexibility index (Phi) is 4.78. The molecule has 1 heterocycles. The van der Waals surface area contributed by atoms with Gasteiger partial charge in [-0.05, 0) is 43.4 Å². The molecule has 2 N–H and O–H groups in total. The molecular formula is C16H23NO3. The van der Waals surface area contributed by atoms with Crippen molar-refractivity contribution < 1.29 is 14.6 Å². The number of benzene rings is 1. The molecule has 0 spiro atoms. The third kappa shape index (κ3) is 3.58. The van der Waals surface area contributed by atoms with Crippen LogP contribution in [0.2, 0.25) is 0 Å². The maximum Gasteiger partial charge on any atom is 0.224 e. The van der Waals surface area contributed by atoms with Crippen LogP contribution >= 0.6 is 0 Å². The van der Waals surface area contributed by atoms with E-state index in [1.165, 1.54) is 11.1 Å². The van der Waals surface area contributed by atoms with Crippen LogP contribution in [-0.2, 0) is 16.0 Å². The second-order valence-corrected chi connectivity index (χ2v) is 5.69. The lowest BCUT2D eigenvalue weighted by Crippen LogP contribution is -2.55. The summed E-state index contributed by atoms with van der Waals surface area (Å²) in [7, 11) is 0. The zero-order chi connectivity index (χ0) is 14.6. The lowest BCUT2D eigenvalue weighted by Gasteiger charge is -2.36. The summed E-state index contributed by atoms with van der Waals surface area (Å²) in [6, 6.07) is 6.07. The maximum absolute atomic E-state index is 12.2. The zero-order valence-corrected chi connectivity index (χ0v) is 12.2. The Labute approximate surface area is 120 Å². The van der Waals surface area contributed by atoms with Crippen LogP contribution in [0.3, 0.4) is 0 Å². The monoisotopic (exact) mass is 277 g/mol. The average Bonchev–Trinajstić information content (AvgIpc) is 2.44. The Morgan fingerprint density at radius 1 is 1.30 bits per heavy atom. The van der Waals surface area contributed by atoms with E-state index < -0.39 is 5.54 Å². The number of carbonyl (C=O) groups excluding carboxylic acids is 1. The largest absolute Gasteiger partial charge is 0.394 e. The summed E-state index contributed by atoms with van der Waals surface area (Å²) >= 11 is 0. The maximum atomic E-state index is 12.2. The number of hydrogen-bond acceptors (Lipinski definition) is 3. The lowest BCUT2D eigenvalue weighted by molar-refractivity contribution is -0.124. The van der Waals surface area contributed by atoms with E-state index in [1.807, 2.05) is 25.1 Å². The van der Waals surface area contributed by atoms with Crippen molar-refractivity contribution in [2.75, 3.05) is 19.8 Å². The van der Waals surface area contributed by atoms with Crippen molar-refractivity contribution in [1.29, 1.82) is 0 Å². The van der Waals surface area contributed by atoms with E-state index in [0.717, 1.165) is 5.56 Å². The summed E-state index contributed by atoms with van der Waals surface area (Å²) in [4.78, 5) is 12.2. The van der Waals surface area contributed by atoms with Crippen LogP contribution in [-0.4, -0.2) is 36.4 Å². The molecule has 4 nitrogen and oxygen atoms in total. The first-order valence-electron chi connectivity index (χ1n) is 7.10. The van der Waals surface area contributed by atoms with Crippen molar-refractivity contribution in [2.24, 2.45) is 0 Å². The summed E-state index contributed by atoms with van der Waals surface area (Å²) in [5.74, 6) is -0.0378. The van der Waals surface area contributed by atoms with Gasteiger partial charge < -0.3 is 15.2 Å². The second-order valence-electron chi connectivity index (χ2n) is 5.69. The Hall–Kier alpha value is -1.39. The van der Waals surface area contributed by atoms with Gasteiger partial charge in [-0.2, -0.15) is 0 Å². The lowest BCUT2D eigenvalue weighted by atomic mass is 9.90. The molecule has 1 amide bonds. The number of hydrogen-bond donors (Lipinski definition) is 2. The average molecular weight is 277 g/mol. The zero-order valence-electron chi connectivity index (χ0n) is 12.2. The summed E-state index contributed by atoms with van der Waals surface area (Å²) in [5, 5.41) is 12.6. The fourth-order valence-corrected chi connectivity index (χ4v) is 2.52. The standard InChI is InChI=1S/C16H23NO3/c1-12-3-4-14(9-13(12)2)10-15(19)17-16(11-18)5-7-20-8-6-16/h3-4,9,18H,5-8,10-11H2,1-2H3,(H,17,19). The van der Waals surface area contributed by atoms with Gasteiger partial charge in [0.25, 0.3) is 0 Å². The molecule has 20 heavy (non-hydrogen) atoms. The molecule has 110 valence electrons. The quantitative estimate of drug-likeness (QED) is 0.877. The van der Waals surface area contributed by atoms with E-state index in [4.69, 9.17) is 4.74 Å². The van der Waals surface area contributed by atoms with Crippen LogP contribution in [0, 0.1) is 13.8 Å². The highest BCUT2D eigenvalue weighted by atomic mass is 16.5. The van der Waals surface area contributed by atoms with E-state index in [9.17, 15) is 9.90 Å². The second kappa shape index (κ2) is 6.37. The molecule has 0 aliphatic carbocycles. The van der Waals surface area contributed by atoms with Gasteiger partial charge in [-0.3, -0.25) is 4.79 Å². The molecule has 2 rings (SSSR count). The first-order valence-corrected chi connectivity index (χ1v) is 7.10. The van der Waals surface area contributed by atoms with Crippen molar-refractivity contribution in [3.8, 4) is 0 Å². The summed E-state index contributed by atoms with van der Waals surface area (Å²) in [6.07, 6.45) is 1.69. The van der Waals surface area contributed by atoms with Crippen molar-refractivity contribution >= 4 is 5.91 Å². The molecule has 0 radical (unpaired) electrons. The highest BCUT2D eigenvalue weighted by molar-refractivity contribution is 5.79. The third-order valence-electron chi connectivity index (χ3n) is 4.09. The fourth-order valence-electron chi connectivity index (χ4n) is 2.52. The van der Waals surface area contributed by atoms with E-state index in [-0.39, 0.29) is 12.5 Å². The minimum atomic E-state index is -0.505. The van der Waals surface area contributed by atoms with E-state index in [0.29, 0.717) is 32.5 Å². The first-order chi connectivity index (χ1) is 9.54. The van der Waals surface area contributed by atoms with Gasteiger partial charge in [-0.25, -0.2) is 0 Å². The van der Waals surface area contributed by atoms with Gasteiger partial charge in [0.2, 0.25) is 5.91 Å². The number of aryl methyl sites for hydroxylation is 2. The van der Waals surface area contributed by atoms with Crippen molar-refractivity contribution in [1.82, 2.24) is 5.32 Å². The Balaban J connectivity index is 1.98. The molecule has 0 atom stereocenters. The molecule has 1 aliphatic rings. The van der Waals surface area contributed by atoms with Crippen LogP contribution in [0.1, 0.15) is 29.5 Å². The smallest absolute Gasteiger partial charge is 0.224 e. The topological polar surface area (TPSA) is 58.6 Å². The van der Waals surface area contributed by atoms with Gasteiger partial charge in [-0.15, -0.1) is 0 Å². The number of amides is 1. The van der Waals surface area contributed by atoms with Crippen LogP contribution in [0.25, 0.3) is 0 Å². The van der Waals surface area contributed by atoms with Crippen LogP contribution in [0.4, 0.5) is 0 Å². The van der Waals surface area contributed by atoms with E-state index in [1.54, 1.807) is 0 Å². The number of nitrogens with one attached hydrogen (secondary N) is 1. The number of carbonyl (C=O) groups is 1. The van der Waals surface area contributed by atoms with Crippen LogP contribution in [0.5, 0.6) is 0 Å². The molecule has 0 aromatic heterocycles. The number of aliphatic hydroxyl groups is 1. The van der Waals surface area contributed by atoms with Gasteiger partial charge in [0.1, 0.15) is 0 Å². The summed E-state index contributed by atoms with van der Waals surface area (Å²) in [5.41, 5.74) is 2.92. The summed E-state index contributed by atoms with van der Waals surface area (Å²) < 4.78 is 5.29. The SMILES string of the molecule is Cc1ccc(CC(=O)NC2(CO)CCOCC2)cc1C. The van der Waals surface area contributed by atoms with Gasteiger partial charge >= 0.3 is 0 Å². The highest BCUT2D eigenvalue weighted by Gasteiger charge is 2.33. The molecule has 4 heteroatoms. The first kappa shape index (κ1) is 15.0. The molecule has 1 aromatic carbocycles. The highest BCUT2D eigenvalue weighted by Crippen LogP contribution is 2.20. The van der Waals surface area contributed by atoms with E-state index >= 15 is 0 Å². The molecule has 0 saturated carbocycles. The van der Waals surface area contributed by atoms with Gasteiger partial charge in [0.15, 0.2) is 0 Å². The summed E-state index contributed by atoms with van der Waals surface area (Å²) in [6.45, 7) is 5.25. The van der Waals surface area contributed by atoms with Crippen molar-refractivity contribution in [2.45, 2.75) is 38.6 Å². The molecular weight excluding hydrogens is 254 g/mol. The number of ether oxygens (including phenoxy) is 1. The van der Waals surface area contributed by atoms with Crippen molar-refractivity contribution in [3.05, 3.63) is 34.9 Å². The van der Waals surface area contributed by atoms with Gasteiger partial charge in [-0.1, -0.05) is 18.2 Å². The van der Waals surface area contributed by atoms with Crippen LogP contribution in [0.15, 0.2) is 18.2 Å². The van der Waals surface area contributed by atoms with Crippen molar-refractivity contribution in [3.63, 3.8) is 0 Å². The minimum Gasteiger partial charge on any atom is -0.394 e. The molecule has 1 fully saturated rings. The molecule has 0 bridgehead atoms. The predicted octanol–water partition coefficient (Wildman–Crippen LogP) is 1.50. The molecule has 1 aromatic rings. The normalized spacial score (nSPS) is 17.8. The minimum absolute atomic E-state index is 0.0327. The Bertz CT molecular complexity index is 479. The molecule has 1 saturated heterocycles.